The van der Waals surface area contributed by atoms with Gasteiger partial charge in [0, 0.05) is 73.4 Å². The molecule has 2 aromatic rings. The van der Waals surface area contributed by atoms with Gasteiger partial charge in [-0.15, -0.1) is 0 Å². The number of benzene rings is 2. The molecule has 1 N–H and O–H groups in total. The van der Waals surface area contributed by atoms with Gasteiger partial charge in [-0.3, -0.25) is 4.79 Å². The number of likely N-dealkylation sites (N-methyl/N-ethyl adjacent to an activating group) is 1. The van der Waals surface area contributed by atoms with Crippen LogP contribution in [0.15, 0.2) is 82.3 Å². The van der Waals surface area contributed by atoms with Crippen molar-refractivity contribution in [3.63, 3.8) is 0 Å². The number of unbranched alkanes of at least 4 members (excludes halogenated alkanes) is 2. The maximum atomic E-state index is 12.2. The summed E-state index contributed by atoms with van der Waals surface area (Å²) in [7, 11) is -12.6. The van der Waals surface area contributed by atoms with Crippen LogP contribution in [0.25, 0.3) is 0 Å². The molecule has 0 aromatic heterocycles. The van der Waals surface area contributed by atoms with Crippen molar-refractivity contribution in [2.75, 3.05) is 63.9 Å². The molecule has 0 amide bonds. The predicted molar refractivity (Wildman–Crippen MR) is 221 cm³/mol. The summed E-state index contributed by atoms with van der Waals surface area (Å²) in [6.45, 7) is 8.31. The van der Waals surface area contributed by atoms with Crippen LogP contribution in [0.1, 0.15) is 76.8 Å². The third-order valence-corrected chi connectivity index (χ3v) is 13.4. The van der Waals surface area contributed by atoms with E-state index in [1.54, 1.807) is 37.5 Å². The molecule has 16 nitrogen and oxygen atoms in total. The molecule has 60 heavy (non-hydrogen) atoms. The van der Waals surface area contributed by atoms with E-state index in [0.717, 1.165) is 5.71 Å². The number of methoxy groups -OCH3 is 1. The van der Waals surface area contributed by atoms with Crippen molar-refractivity contribution in [1.29, 1.82) is 0 Å². The smallest absolute Gasteiger partial charge is 0.303 e. The topological polar surface area (TPSA) is 243 Å². The summed E-state index contributed by atoms with van der Waals surface area (Å²) in [5.41, 5.74) is 2.13. The molecule has 2 atom stereocenters. The Morgan fingerprint density at radius 2 is 1.42 bits per heavy atom. The number of allylic oxidation sites excluding steroid dienone is 6. The summed E-state index contributed by atoms with van der Waals surface area (Å²) in [6, 6.07) is 8.39. The number of nitrogens with zero attached hydrogens (tertiary/aromatic N) is 2. The molecule has 332 valence electrons. The lowest BCUT2D eigenvalue weighted by molar-refractivity contribution is -0.438. The number of hydrogen-bond donors (Lipinski definition) is 1. The van der Waals surface area contributed by atoms with Gasteiger partial charge >= 0.3 is 5.97 Å². The van der Waals surface area contributed by atoms with Crippen molar-refractivity contribution in [2.45, 2.75) is 86.3 Å². The second kappa shape index (κ2) is 20.9. The first-order chi connectivity index (χ1) is 28.2. The summed E-state index contributed by atoms with van der Waals surface area (Å²) < 4.78 is 126. The Bertz CT molecular complexity index is 2320. The van der Waals surface area contributed by atoms with Crippen LogP contribution in [0.2, 0.25) is 0 Å². The molecule has 2 aromatic carbocycles. The quantitative estimate of drug-likeness (QED) is 0.0616. The lowest BCUT2D eigenvalue weighted by Gasteiger charge is -2.30. The number of rotatable bonds is 25. The third-order valence-electron chi connectivity index (χ3n) is 10.9. The van der Waals surface area contributed by atoms with E-state index in [2.05, 4.69) is 0 Å². The van der Waals surface area contributed by atoms with Crippen LogP contribution in [0.3, 0.4) is 0 Å². The Morgan fingerprint density at radius 3 is 2.03 bits per heavy atom. The highest BCUT2D eigenvalue weighted by Crippen LogP contribution is 2.51. The molecule has 2 unspecified atom stereocenters. The molecule has 19 heteroatoms. The lowest BCUT2D eigenvalue weighted by Crippen LogP contribution is -2.33. The van der Waals surface area contributed by atoms with Crippen molar-refractivity contribution < 1.29 is 67.6 Å². The van der Waals surface area contributed by atoms with Crippen LogP contribution >= 0.6 is 0 Å². The van der Waals surface area contributed by atoms with Crippen molar-refractivity contribution in [1.82, 2.24) is 0 Å². The Morgan fingerprint density at radius 1 is 0.783 bits per heavy atom. The number of anilines is 1. The molecule has 2 aliphatic rings. The van der Waals surface area contributed by atoms with Crippen LogP contribution in [0, 0.1) is 0 Å². The van der Waals surface area contributed by atoms with E-state index in [1.807, 2.05) is 42.4 Å². The highest BCUT2D eigenvalue weighted by atomic mass is 32.2. The maximum Gasteiger partial charge on any atom is 0.303 e. The molecule has 0 aliphatic carbocycles. The van der Waals surface area contributed by atoms with Crippen LogP contribution < -0.4 is 4.90 Å². The van der Waals surface area contributed by atoms with Gasteiger partial charge in [0.25, 0.3) is 0 Å². The highest BCUT2D eigenvalue weighted by molar-refractivity contribution is 7.86. The molecule has 0 bridgehead atoms. The largest absolute Gasteiger partial charge is 0.748 e. The van der Waals surface area contributed by atoms with Gasteiger partial charge in [-0.05, 0) is 94.8 Å². The molecule has 0 spiro atoms. The first kappa shape index (κ1) is 48.9. The van der Waals surface area contributed by atoms with Gasteiger partial charge in [0.05, 0.1) is 51.8 Å². The number of carboxylic acids is 1. The maximum absolute atomic E-state index is 12.2. The molecule has 4 rings (SSSR count). The van der Waals surface area contributed by atoms with Crippen LogP contribution in [0.4, 0.5) is 11.4 Å². The summed E-state index contributed by atoms with van der Waals surface area (Å²) in [6.07, 6.45) is 11.3. The molecule has 0 saturated heterocycles. The highest BCUT2D eigenvalue weighted by Gasteiger charge is 2.48. The average Bonchev–Trinajstić information content (AvgIpc) is 3.53. The fraction of sp³-hybridized carbons (Fsp3) is 0.512. The molecular weight excluding hydrogens is 841 g/mol. The van der Waals surface area contributed by atoms with E-state index >= 15 is 0 Å². The predicted octanol–water partition coefficient (Wildman–Crippen LogP) is 4.69. The summed E-state index contributed by atoms with van der Waals surface area (Å²) >= 11 is 0. The fourth-order valence-electron chi connectivity index (χ4n) is 7.91. The molecule has 2 aliphatic heterocycles. The molecule has 0 radical (unpaired) electrons. The number of aliphatic carboxylic acids is 1. The molecular formula is C41H54N2O14S3-2. The van der Waals surface area contributed by atoms with Crippen LogP contribution in [-0.2, 0) is 60.2 Å². The number of fused-ring (bicyclic) bond motifs is 2. The van der Waals surface area contributed by atoms with E-state index in [9.17, 15) is 43.7 Å². The first-order valence-electron chi connectivity index (χ1n) is 19.7. The van der Waals surface area contributed by atoms with E-state index in [1.165, 1.54) is 24.3 Å². The average molecular weight is 895 g/mol. The van der Waals surface area contributed by atoms with E-state index in [0.29, 0.717) is 93.4 Å². The standard InChI is InChI=1S/C41H56N2O14S3/c1-5-42-35-18-16-31(59(49,50)51)29-33(35)40(2,20-12-28-58(46,47)48)37(42)13-8-6-9-14-38-41(3,21-23-56-26-27-57-25-24-55-4)34-30-32(60(52,53)54)17-19-36(34)43(38)22-11-7-10-15-39(44)45/h6,8-9,13-14,16-19,29-30H,5,7,10-12,15,20-28H2,1-4H3,(H3-,44,45,46,47,48,49,50,51,52,53,54)/p-2. The number of carbonyl (C=O) groups is 1. The first-order valence-corrected chi connectivity index (χ1v) is 24.1. The Balaban J connectivity index is 1.74. The Labute approximate surface area is 353 Å². The summed E-state index contributed by atoms with van der Waals surface area (Å²) in [4.78, 5) is 12.3. The minimum absolute atomic E-state index is 0.0157. The van der Waals surface area contributed by atoms with E-state index in [4.69, 9.17) is 19.3 Å². The Kier molecular flexibility index (Phi) is 17.0. The van der Waals surface area contributed by atoms with Crippen molar-refractivity contribution in [3.05, 3.63) is 83.6 Å². The number of ether oxygens (including phenoxy) is 3. The lowest BCUT2D eigenvalue weighted by atomic mass is 9.76. The van der Waals surface area contributed by atoms with Crippen molar-refractivity contribution in [3.8, 4) is 0 Å². The zero-order valence-corrected chi connectivity index (χ0v) is 36.8. The van der Waals surface area contributed by atoms with Crippen LogP contribution in [0.5, 0.6) is 0 Å². The van der Waals surface area contributed by atoms with Gasteiger partial charge in [0.2, 0.25) is 5.69 Å². The molecule has 0 fully saturated rings. The monoisotopic (exact) mass is 894 g/mol. The third kappa shape index (κ3) is 12.4. The molecule has 2 heterocycles. The Hall–Kier alpha value is -3.79. The summed E-state index contributed by atoms with van der Waals surface area (Å²) in [5.74, 6) is -1.51. The normalized spacial score (nSPS) is 20.2. The SMILES string of the molecule is CCN1/C(=C/C=C/C=C/C2=[N+](CCCCCC(=O)O)c3ccc(S(=O)(=O)[O-])cc3C2(C)CCOCCOCCOC)C(C)(CCCS(=O)(=O)[O-])c2cc(S(=O)(=O)[O-])ccc21. The van der Waals surface area contributed by atoms with Gasteiger partial charge in [-0.25, -0.2) is 25.3 Å². The van der Waals surface area contributed by atoms with Crippen LogP contribution in [-0.4, -0.2) is 119 Å². The summed E-state index contributed by atoms with van der Waals surface area (Å²) in [5, 5.41) is 9.15. The van der Waals surface area contributed by atoms with Gasteiger partial charge in [0.15, 0.2) is 5.71 Å². The minimum Gasteiger partial charge on any atom is -0.748 e. The van der Waals surface area contributed by atoms with Gasteiger partial charge < -0.3 is 37.9 Å². The van der Waals surface area contributed by atoms with Crippen molar-refractivity contribution in [2.24, 2.45) is 0 Å². The van der Waals surface area contributed by atoms with Gasteiger partial charge in [-0.1, -0.05) is 18.2 Å². The second-order valence-corrected chi connectivity index (χ2v) is 19.3. The number of hydrogen-bond acceptors (Lipinski definition) is 14. The minimum atomic E-state index is -4.81. The fourth-order valence-corrected chi connectivity index (χ4v) is 9.40. The molecule has 0 saturated carbocycles. The van der Waals surface area contributed by atoms with E-state index in [-0.39, 0.29) is 30.8 Å². The van der Waals surface area contributed by atoms with Crippen molar-refractivity contribution >= 4 is 53.4 Å². The second-order valence-electron chi connectivity index (χ2n) is 15.0. The number of carboxylic acid groups (broad SMARTS) is 1. The van der Waals surface area contributed by atoms with E-state index < -0.39 is 57.8 Å². The zero-order valence-electron chi connectivity index (χ0n) is 34.3. The van der Waals surface area contributed by atoms with Gasteiger partial charge in [0.1, 0.15) is 26.8 Å². The van der Waals surface area contributed by atoms with Gasteiger partial charge in [-0.2, -0.15) is 4.58 Å². The zero-order chi connectivity index (χ0) is 44.4.